The van der Waals surface area contributed by atoms with Crippen LogP contribution in [-0.4, -0.2) is 26.4 Å². The van der Waals surface area contributed by atoms with Crippen LogP contribution >= 0.6 is 0 Å². The van der Waals surface area contributed by atoms with Gasteiger partial charge in [0.2, 0.25) is 0 Å². The van der Waals surface area contributed by atoms with Gasteiger partial charge in [0.05, 0.1) is 49.7 Å². The minimum atomic E-state index is 0.464. The van der Waals surface area contributed by atoms with Crippen LogP contribution in [0.2, 0.25) is 0 Å². The number of hydrogen-bond donors (Lipinski definition) is 0. The zero-order valence-electron chi connectivity index (χ0n) is 49.1. The molecule has 6 heteroatoms. The number of hydrogen-bond acceptors (Lipinski definition) is 6. The van der Waals surface area contributed by atoms with Crippen molar-refractivity contribution in [2.75, 3.05) is 26.4 Å². The third-order valence-electron chi connectivity index (χ3n) is 14.8. The summed E-state index contributed by atoms with van der Waals surface area (Å²) in [6.07, 6.45) is 54.2. The molecule has 0 saturated carbocycles. The highest BCUT2D eigenvalue weighted by Crippen LogP contribution is 2.40. The molecular weight excluding hydrogens is 909 g/mol. The third kappa shape index (κ3) is 31.9. The Kier molecular flexibility index (Phi) is 42.5. The lowest BCUT2D eigenvalue weighted by molar-refractivity contribution is 0.294. The minimum Gasteiger partial charge on any atom is -0.493 e. The van der Waals surface area contributed by atoms with E-state index in [1.54, 1.807) is 0 Å². The maximum atomic E-state index is 11.1. The number of nitrogens with zero attached hydrogens (tertiary/aromatic N) is 2. The second-order valence-electron chi connectivity index (χ2n) is 21.6. The lowest BCUT2D eigenvalue weighted by atomic mass is 9.96. The number of benzene rings is 2. The van der Waals surface area contributed by atoms with Crippen molar-refractivity contribution in [3.8, 4) is 35.1 Å². The number of ether oxygens (including phenoxy) is 4. The molecule has 0 aliphatic heterocycles. The first kappa shape index (κ1) is 66.2. The molecule has 418 valence electrons. The Morgan fingerprint density at radius 2 is 0.622 bits per heavy atom. The van der Waals surface area contributed by atoms with Crippen molar-refractivity contribution in [3.05, 3.63) is 52.6 Å². The van der Waals surface area contributed by atoms with Crippen molar-refractivity contribution in [1.29, 1.82) is 10.5 Å². The molecule has 0 spiro atoms. The first-order valence-electron chi connectivity index (χ1n) is 31.5. The molecule has 2 aromatic carbocycles. The minimum absolute atomic E-state index is 0.464. The van der Waals surface area contributed by atoms with E-state index in [-0.39, 0.29) is 0 Å². The molecule has 0 bridgehead atoms. The lowest BCUT2D eigenvalue weighted by Crippen LogP contribution is -2.05. The lowest BCUT2D eigenvalue weighted by Gasteiger charge is -2.18. The third-order valence-corrected chi connectivity index (χ3v) is 14.8. The van der Waals surface area contributed by atoms with Gasteiger partial charge in [0.15, 0.2) is 0 Å². The second-order valence-corrected chi connectivity index (χ2v) is 21.6. The van der Waals surface area contributed by atoms with Crippen LogP contribution in [0.3, 0.4) is 0 Å². The van der Waals surface area contributed by atoms with E-state index >= 15 is 0 Å². The van der Waals surface area contributed by atoms with Gasteiger partial charge in [0.25, 0.3) is 0 Å². The van der Waals surface area contributed by atoms with E-state index in [4.69, 9.17) is 18.9 Å². The van der Waals surface area contributed by atoms with Crippen molar-refractivity contribution in [2.24, 2.45) is 0 Å². The molecule has 2 rings (SSSR count). The molecule has 0 aromatic heterocycles. The van der Waals surface area contributed by atoms with Gasteiger partial charge in [-0.1, -0.05) is 265 Å². The smallest absolute Gasteiger partial charge is 0.128 e. The molecule has 0 atom stereocenters. The molecule has 0 radical (unpaired) electrons. The number of rotatable bonds is 51. The molecule has 0 amide bonds. The fourth-order valence-corrected chi connectivity index (χ4v) is 9.98. The van der Waals surface area contributed by atoms with Crippen molar-refractivity contribution in [1.82, 2.24) is 0 Å². The predicted octanol–water partition coefficient (Wildman–Crippen LogP) is 22.2. The summed E-state index contributed by atoms with van der Waals surface area (Å²) >= 11 is 0. The Labute approximate surface area is 457 Å². The number of aryl methyl sites for hydroxylation is 1. The largest absolute Gasteiger partial charge is 0.493 e. The Balaban J connectivity index is 2.42. The average Bonchev–Trinajstić information content (AvgIpc) is 3.41. The maximum Gasteiger partial charge on any atom is 0.128 e. The van der Waals surface area contributed by atoms with Gasteiger partial charge in [-0.05, 0) is 75.4 Å². The zero-order valence-corrected chi connectivity index (χ0v) is 49.1. The van der Waals surface area contributed by atoms with Gasteiger partial charge in [-0.3, -0.25) is 0 Å². The van der Waals surface area contributed by atoms with Gasteiger partial charge in [-0.15, -0.1) is 0 Å². The van der Waals surface area contributed by atoms with E-state index in [9.17, 15) is 10.5 Å². The van der Waals surface area contributed by atoms with Crippen LogP contribution in [0, 0.1) is 29.6 Å². The van der Waals surface area contributed by atoms with Crippen molar-refractivity contribution in [3.63, 3.8) is 0 Å². The van der Waals surface area contributed by atoms with Gasteiger partial charge in [0, 0.05) is 16.7 Å². The number of unbranched alkanes of at least 4 members (excludes halogenated alkanes) is 36. The fraction of sp³-hybridized carbons (Fsp3) is 0.735. The molecule has 0 aliphatic rings. The van der Waals surface area contributed by atoms with E-state index in [2.05, 4.69) is 58.9 Å². The van der Waals surface area contributed by atoms with E-state index in [0.29, 0.717) is 60.2 Å². The molecule has 0 aliphatic carbocycles. The molecule has 0 heterocycles. The quantitative estimate of drug-likeness (QED) is 0.0373. The van der Waals surface area contributed by atoms with Crippen LogP contribution in [0.25, 0.3) is 17.2 Å². The van der Waals surface area contributed by atoms with Crippen LogP contribution in [0.5, 0.6) is 23.0 Å². The monoisotopic (exact) mass is 1020 g/mol. The maximum absolute atomic E-state index is 11.1. The van der Waals surface area contributed by atoms with Crippen LogP contribution in [-0.2, 0) is 0 Å². The summed E-state index contributed by atoms with van der Waals surface area (Å²) in [5.74, 6) is 2.80. The van der Waals surface area contributed by atoms with E-state index < -0.39 is 0 Å². The Morgan fingerprint density at radius 1 is 0.351 bits per heavy atom. The standard InChI is InChI=1S/C68H112N2O4/c1-7-12-16-20-24-28-32-36-40-44-48-71-65-54-61(66(52-59(65)6)72-49-45-41-37-33-29-25-21-17-13-8-2)53-62(58-70)64-56-67(73-50-46-42-38-34-30-26-22-18-14-9-3)63(60(11-5)57-69)55-68(64)74-51-47-43-39-35-31-27-23-19-15-10-4/h11,52-56H,7-10,12-51H2,1-6H3/b60-11+,62-53+. The highest BCUT2D eigenvalue weighted by atomic mass is 16.5. The molecule has 0 N–H and O–H groups in total. The summed E-state index contributed by atoms with van der Waals surface area (Å²) in [5, 5.41) is 21.5. The van der Waals surface area contributed by atoms with Crippen LogP contribution in [0.1, 0.15) is 314 Å². The molecule has 6 nitrogen and oxygen atoms in total. The first-order chi connectivity index (χ1) is 36.5. The summed E-state index contributed by atoms with van der Waals surface area (Å²) in [7, 11) is 0. The zero-order chi connectivity index (χ0) is 53.4. The van der Waals surface area contributed by atoms with Gasteiger partial charge in [-0.2, -0.15) is 10.5 Å². The van der Waals surface area contributed by atoms with Crippen molar-refractivity contribution in [2.45, 2.75) is 298 Å². The summed E-state index contributed by atoms with van der Waals surface area (Å²) in [6, 6.07) is 13.1. The normalized spacial score (nSPS) is 11.7. The highest BCUT2D eigenvalue weighted by molar-refractivity contribution is 5.94. The van der Waals surface area contributed by atoms with Crippen LogP contribution in [0.4, 0.5) is 0 Å². The molecule has 0 saturated heterocycles. The van der Waals surface area contributed by atoms with Crippen molar-refractivity contribution < 1.29 is 18.9 Å². The van der Waals surface area contributed by atoms with Gasteiger partial charge >= 0.3 is 0 Å². The van der Waals surface area contributed by atoms with Crippen molar-refractivity contribution >= 4 is 17.2 Å². The van der Waals surface area contributed by atoms with Crippen LogP contribution in [0.15, 0.2) is 30.3 Å². The Hall–Kier alpha value is -3.90. The highest BCUT2D eigenvalue weighted by Gasteiger charge is 2.20. The SMILES string of the molecule is C/C=C(\C#N)c1cc(OCCCCCCCCCCCC)c(/C(C#N)=C/c2cc(OCCCCCCCCCCCC)c(C)cc2OCCCCCCCCCCCC)cc1OCCCCCCCCCCCC. The summed E-state index contributed by atoms with van der Waals surface area (Å²) in [5.41, 5.74) is 4.23. The molecule has 0 fully saturated rings. The second kappa shape index (κ2) is 47.5. The first-order valence-corrected chi connectivity index (χ1v) is 31.5. The Bertz CT molecular complexity index is 1820. The molecular formula is C68H112N2O4. The predicted molar refractivity (Wildman–Crippen MR) is 320 cm³/mol. The van der Waals surface area contributed by atoms with E-state index in [0.717, 1.165) is 67.6 Å². The summed E-state index contributed by atoms with van der Waals surface area (Å²) < 4.78 is 26.4. The molecule has 2 aromatic rings. The van der Waals surface area contributed by atoms with E-state index in [1.165, 1.54) is 212 Å². The summed E-state index contributed by atoms with van der Waals surface area (Å²) in [4.78, 5) is 0. The summed E-state index contributed by atoms with van der Waals surface area (Å²) in [6.45, 7) is 15.5. The topological polar surface area (TPSA) is 84.5 Å². The average molecular weight is 1020 g/mol. The van der Waals surface area contributed by atoms with Crippen LogP contribution < -0.4 is 18.9 Å². The number of nitriles is 2. The van der Waals surface area contributed by atoms with E-state index in [1.807, 2.05) is 31.2 Å². The fourth-order valence-electron chi connectivity index (χ4n) is 9.98. The Morgan fingerprint density at radius 3 is 0.919 bits per heavy atom. The molecule has 0 unspecified atom stereocenters. The van der Waals surface area contributed by atoms with Gasteiger partial charge in [0.1, 0.15) is 23.0 Å². The molecule has 74 heavy (non-hydrogen) atoms. The van der Waals surface area contributed by atoms with Gasteiger partial charge in [-0.25, -0.2) is 0 Å². The van der Waals surface area contributed by atoms with Gasteiger partial charge < -0.3 is 18.9 Å². The number of allylic oxidation sites excluding steroid dienone is 3.